The SMILES string of the molecule is Cc1cc(F)c(-n2nnc3c(cnn3C)c2=O)cc1SCC(F)(F)F. The second-order valence-electron chi connectivity index (χ2n) is 5.28. The number of aromatic nitrogens is 5. The van der Waals surface area contributed by atoms with Crippen LogP contribution in [0, 0.1) is 12.7 Å². The van der Waals surface area contributed by atoms with Gasteiger partial charge in [-0.25, -0.2) is 9.07 Å². The first-order chi connectivity index (χ1) is 11.7. The summed E-state index contributed by atoms with van der Waals surface area (Å²) in [5.41, 5.74) is -0.370. The Labute approximate surface area is 142 Å². The van der Waals surface area contributed by atoms with E-state index in [2.05, 4.69) is 15.4 Å². The first kappa shape index (κ1) is 17.4. The van der Waals surface area contributed by atoms with E-state index in [-0.39, 0.29) is 21.6 Å². The molecule has 0 aliphatic carbocycles. The summed E-state index contributed by atoms with van der Waals surface area (Å²) in [5, 5.41) is 11.5. The zero-order valence-corrected chi connectivity index (χ0v) is 13.8. The maximum absolute atomic E-state index is 14.3. The highest BCUT2D eigenvalue weighted by Gasteiger charge is 2.28. The van der Waals surface area contributed by atoms with Crippen molar-refractivity contribution in [2.45, 2.75) is 18.0 Å². The molecule has 3 aromatic rings. The van der Waals surface area contributed by atoms with Crippen LogP contribution < -0.4 is 5.56 Å². The van der Waals surface area contributed by atoms with Gasteiger partial charge in [-0.05, 0) is 24.6 Å². The lowest BCUT2D eigenvalue weighted by Crippen LogP contribution is -2.23. The summed E-state index contributed by atoms with van der Waals surface area (Å²) in [5.74, 6) is -1.91. The number of rotatable bonds is 3. The van der Waals surface area contributed by atoms with E-state index in [0.717, 1.165) is 10.7 Å². The van der Waals surface area contributed by atoms with Crippen molar-refractivity contribution in [3.63, 3.8) is 0 Å². The first-order valence-electron chi connectivity index (χ1n) is 6.95. The molecule has 0 atom stereocenters. The maximum atomic E-state index is 14.3. The van der Waals surface area contributed by atoms with Gasteiger partial charge in [0.15, 0.2) is 5.65 Å². The topological polar surface area (TPSA) is 65.6 Å². The smallest absolute Gasteiger partial charge is 0.266 e. The van der Waals surface area contributed by atoms with E-state index in [1.807, 2.05) is 0 Å². The van der Waals surface area contributed by atoms with Crippen LogP contribution >= 0.6 is 11.8 Å². The molecule has 0 unspecified atom stereocenters. The molecule has 0 fully saturated rings. The number of hydrogen-bond donors (Lipinski definition) is 0. The standard InChI is InChI=1S/C14H11F4N5OS/c1-7-3-9(15)10(4-11(7)25-6-14(16,17)18)23-13(24)8-5-19-22(2)12(8)20-21-23/h3-5H,6H2,1-2H3. The molecule has 3 rings (SSSR count). The number of benzene rings is 1. The third-order valence-electron chi connectivity index (χ3n) is 3.42. The molecule has 0 spiro atoms. The Morgan fingerprint density at radius 2 is 2.00 bits per heavy atom. The van der Waals surface area contributed by atoms with Crippen molar-refractivity contribution in [1.82, 2.24) is 24.8 Å². The van der Waals surface area contributed by atoms with Gasteiger partial charge in [-0.15, -0.1) is 16.9 Å². The Hall–Kier alpha value is -2.43. The van der Waals surface area contributed by atoms with Crippen LogP contribution in [0.4, 0.5) is 17.6 Å². The van der Waals surface area contributed by atoms with Crippen molar-refractivity contribution in [2.75, 3.05) is 5.75 Å². The van der Waals surface area contributed by atoms with Gasteiger partial charge < -0.3 is 0 Å². The van der Waals surface area contributed by atoms with Gasteiger partial charge in [0.1, 0.15) is 16.9 Å². The highest BCUT2D eigenvalue weighted by atomic mass is 32.2. The molecule has 0 N–H and O–H groups in total. The van der Waals surface area contributed by atoms with Gasteiger partial charge in [-0.2, -0.15) is 23.0 Å². The van der Waals surface area contributed by atoms with E-state index >= 15 is 0 Å². The molecule has 2 aromatic heterocycles. The third kappa shape index (κ3) is 3.36. The molecular formula is C14H11F4N5OS. The van der Waals surface area contributed by atoms with Crippen LogP contribution in [0.1, 0.15) is 5.56 Å². The summed E-state index contributed by atoms with van der Waals surface area (Å²) < 4.78 is 53.7. The minimum absolute atomic E-state index is 0.127. The number of aryl methyl sites for hydroxylation is 2. The van der Waals surface area contributed by atoms with Crippen LogP contribution in [-0.4, -0.2) is 36.7 Å². The normalized spacial score (nSPS) is 12.1. The fourth-order valence-corrected chi connectivity index (χ4v) is 3.02. The molecule has 6 nitrogen and oxygen atoms in total. The molecule has 11 heteroatoms. The largest absolute Gasteiger partial charge is 0.398 e. The summed E-state index contributed by atoms with van der Waals surface area (Å²) in [6, 6.07) is 2.23. The van der Waals surface area contributed by atoms with Gasteiger partial charge >= 0.3 is 6.18 Å². The monoisotopic (exact) mass is 373 g/mol. The predicted molar refractivity (Wildman–Crippen MR) is 83.4 cm³/mol. The van der Waals surface area contributed by atoms with Crippen LogP contribution in [-0.2, 0) is 7.05 Å². The number of nitrogens with zero attached hydrogens (tertiary/aromatic N) is 5. The Bertz CT molecular complexity index is 1010. The molecule has 0 aliphatic rings. The minimum Gasteiger partial charge on any atom is -0.266 e. The molecule has 132 valence electrons. The Kier molecular flexibility index (Phi) is 4.27. The van der Waals surface area contributed by atoms with Crippen LogP contribution in [0.15, 0.2) is 28.0 Å². The van der Waals surface area contributed by atoms with Crippen molar-refractivity contribution >= 4 is 22.8 Å². The van der Waals surface area contributed by atoms with E-state index in [9.17, 15) is 22.4 Å². The van der Waals surface area contributed by atoms with E-state index in [4.69, 9.17) is 0 Å². The number of hydrogen-bond acceptors (Lipinski definition) is 5. The quantitative estimate of drug-likeness (QED) is 0.522. The van der Waals surface area contributed by atoms with Crippen LogP contribution in [0.3, 0.4) is 0 Å². The zero-order valence-electron chi connectivity index (χ0n) is 13.0. The Morgan fingerprint density at radius 1 is 1.28 bits per heavy atom. The minimum atomic E-state index is -4.36. The molecule has 0 aliphatic heterocycles. The Morgan fingerprint density at radius 3 is 2.68 bits per heavy atom. The summed E-state index contributed by atoms with van der Waals surface area (Å²) in [4.78, 5) is 12.7. The molecule has 25 heavy (non-hydrogen) atoms. The lowest BCUT2D eigenvalue weighted by molar-refractivity contribution is -0.105. The fraction of sp³-hybridized carbons (Fsp3) is 0.286. The number of fused-ring (bicyclic) bond motifs is 1. The maximum Gasteiger partial charge on any atom is 0.398 e. The van der Waals surface area contributed by atoms with E-state index in [0.29, 0.717) is 17.3 Å². The van der Waals surface area contributed by atoms with Crippen LogP contribution in [0.2, 0.25) is 0 Å². The van der Waals surface area contributed by atoms with Gasteiger partial charge in [0.25, 0.3) is 5.56 Å². The second-order valence-corrected chi connectivity index (χ2v) is 6.30. The summed E-state index contributed by atoms with van der Waals surface area (Å²) in [6.07, 6.45) is -3.09. The highest BCUT2D eigenvalue weighted by molar-refractivity contribution is 7.99. The van der Waals surface area contributed by atoms with Crippen LogP contribution in [0.25, 0.3) is 16.7 Å². The van der Waals surface area contributed by atoms with Gasteiger partial charge in [0.05, 0.1) is 11.9 Å². The number of halogens is 4. The van der Waals surface area contributed by atoms with E-state index in [1.54, 1.807) is 7.05 Å². The van der Waals surface area contributed by atoms with Crippen LogP contribution in [0.5, 0.6) is 0 Å². The van der Waals surface area contributed by atoms with Crippen molar-refractivity contribution < 1.29 is 17.6 Å². The highest BCUT2D eigenvalue weighted by Crippen LogP contribution is 2.31. The lowest BCUT2D eigenvalue weighted by atomic mass is 10.2. The van der Waals surface area contributed by atoms with Crippen molar-refractivity contribution in [2.24, 2.45) is 7.05 Å². The summed E-state index contributed by atoms with van der Waals surface area (Å²) >= 11 is 0.513. The fourth-order valence-electron chi connectivity index (χ4n) is 2.22. The number of alkyl halides is 3. The Balaban J connectivity index is 2.11. The molecule has 0 saturated heterocycles. The lowest BCUT2D eigenvalue weighted by Gasteiger charge is -2.12. The predicted octanol–water partition coefficient (Wildman–Crippen LogP) is 2.62. The molecule has 1 aromatic carbocycles. The van der Waals surface area contributed by atoms with Gasteiger partial charge in [-0.3, -0.25) is 4.79 Å². The summed E-state index contributed by atoms with van der Waals surface area (Å²) in [7, 11) is 1.57. The van der Waals surface area contributed by atoms with Gasteiger partial charge in [0.2, 0.25) is 0 Å². The second kappa shape index (κ2) is 6.14. The van der Waals surface area contributed by atoms with E-state index in [1.165, 1.54) is 23.9 Å². The van der Waals surface area contributed by atoms with Gasteiger partial charge in [-0.1, -0.05) is 5.21 Å². The van der Waals surface area contributed by atoms with Crippen molar-refractivity contribution in [3.05, 3.63) is 40.1 Å². The zero-order chi connectivity index (χ0) is 18.4. The summed E-state index contributed by atoms with van der Waals surface area (Å²) in [6.45, 7) is 1.49. The third-order valence-corrected chi connectivity index (χ3v) is 4.65. The van der Waals surface area contributed by atoms with Crippen molar-refractivity contribution in [3.8, 4) is 5.69 Å². The van der Waals surface area contributed by atoms with Gasteiger partial charge in [0, 0.05) is 11.9 Å². The molecule has 2 heterocycles. The molecular weight excluding hydrogens is 362 g/mol. The molecule has 0 bridgehead atoms. The molecule has 0 amide bonds. The average Bonchev–Trinajstić information content (AvgIpc) is 2.89. The van der Waals surface area contributed by atoms with E-state index < -0.39 is 23.3 Å². The molecule has 0 saturated carbocycles. The number of thioether (sulfide) groups is 1. The average molecular weight is 373 g/mol. The molecule has 0 radical (unpaired) electrons. The first-order valence-corrected chi connectivity index (χ1v) is 7.94. The van der Waals surface area contributed by atoms with Crippen molar-refractivity contribution in [1.29, 1.82) is 0 Å².